The van der Waals surface area contributed by atoms with Crippen LogP contribution >= 0.6 is 0 Å². The standard InChI is InChI=1S/C15H23N3O/c1-16-14(19)15(8-2-3-10-18-15)9-4-5-13-6-11-17-12-7-13/h6-7,11-12,18H,2-5,8-10H2,1H3,(H,16,19)/t15-/m1/s1. The van der Waals surface area contributed by atoms with Crippen LogP contribution in [-0.4, -0.2) is 30.0 Å². The summed E-state index contributed by atoms with van der Waals surface area (Å²) in [6, 6.07) is 4.09. The van der Waals surface area contributed by atoms with Gasteiger partial charge in [-0.3, -0.25) is 9.78 Å². The first-order chi connectivity index (χ1) is 9.27. The van der Waals surface area contributed by atoms with Crippen molar-refractivity contribution < 1.29 is 4.79 Å². The van der Waals surface area contributed by atoms with Crippen LogP contribution in [0.15, 0.2) is 24.5 Å². The van der Waals surface area contributed by atoms with Crippen LogP contribution in [0, 0.1) is 0 Å². The molecule has 1 aromatic heterocycles. The summed E-state index contributed by atoms with van der Waals surface area (Å²) >= 11 is 0. The number of rotatable bonds is 5. The van der Waals surface area contributed by atoms with Gasteiger partial charge in [-0.2, -0.15) is 0 Å². The molecule has 0 radical (unpaired) electrons. The molecule has 2 N–H and O–H groups in total. The normalized spacial score (nSPS) is 23.0. The minimum Gasteiger partial charge on any atom is -0.358 e. The molecule has 0 bridgehead atoms. The number of aromatic nitrogens is 1. The van der Waals surface area contributed by atoms with Gasteiger partial charge in [0.2, 0.25) is 5.91 Å². The van der Waals surface area contributed by atoms with Crippen LogP contribution < -0.4 is 10.6 Å². The number of hydrogen-bond acceptors (Lipinski definition) is 3. The monoisotopic (exact) mass is 261 g/mol. The highest BCUT2D eigenvalue weighted by molar-refractivity contribution is 5.86. The van der Waals surface area contributed by atoms with Gasteiger partial charge in [0.05, 0.1) is 5.54 Å². The van der Waals surface area contributed by atoms with E-state index in [1.807, 2.05) is 24.5 Å². The zero-order valence-electron chi connectivity index (χ0n) is 11.6. The summed E-state index contributed by atoms with van der Waals surface area (Å²) in [4.78, 5) is 16.2. The quantitative estimate of drug-likeness (QED) is 0.847. The fourth-order valence-corrected chi connectivity index (χ4v) is 2.87. The number of aryl methyl sites for hydroxylation is 1. The number of nitrogens with zero attached hydrogens (tertiary/aromatic N) is 1. The highest BCUT2D eigenvalue weighted by Crippen LogP contribution is 2.25. The lowest BCUT2D eigenvalue weighted by atomic mass is 9.83. The molecule has 1 aliphatic heterocycles. The first kappa shape index (κ1) is 14.0. The van der Waals surface area contributed by atoms with E-state index in [2.05, 4.69) is 15.6 Å². The molecule has 1 aliphatic rings. The summed E-state index contributed by atoms with van der Waals surface area (Å²) < 4.78 is 0. The predicted molar refractivity (Wildman–Crippen MR) is 75.8 cm³/mol. The fourth-order valence-electron chi connectivity index (χ4n) is 2.87. The Morgan fingerprint density at radius 3 is 2.84 bits per heavy atom. The Balaban J connectivity index is 1.91. The molecule has 1 fully saturated rings. The summed E-state index contributed by atoms with van der Waals surface area (Å²) in [5.41, 5.74) is 0.942. The smallest absolute Gasteiger partial charge is 0.240 e. The maximum atomic E-state index is 12.1. The molecular formula is C15H23N3O. The minimum atomic E-state index is -0.347. The number of piperidine rings is 1. The number of hydrogen-bond donors (Lipinski definition) is 2. The van der Waals surface area contributed by atoms with Gasteiger partial charge in [-0.25, -0.2) is 0 Å². The molecule has 0 aromatic carbocycles. The lowest BCUT2D eigenvalue weighted by molar-refractivity contribution is -0.128. The topological polar surface area (TPSA) is 54.0 Å². The van der Waals surface area contributed by atoms with E-state index in [0.717, 1.165) is 38.6 Å². The molecule has 1 saturated heterocycles. The number of carbonyl (C=O) groups excluding carboxylic acids is 1. The molecule has 104 valence electrons. The van der Waals surface area contributed by atoms with Gasteiger partial charge >= 0.3 is 0 Å². The molecule has 4 heteroatoms. The summed E-state index contributed by atoms with van der Waals surface area (Å²) in [7, 11) is 1.73. The van der Waals surface area contributed by atoms with Crippen molar-refractivity contribution in [3.8, 4) is 0 Å². The van der Waals surface area contributed by atoms with Crippen molar-refractivity contribution in [2.24, 2.45) is 0 Å². The lowest BCUT2D eigenvalue weighted by Gasteiger charge is -2.36. The average molecular weight is 261 g/mol. The molecule has 1 amide bonds. The first-order valence-corrected chi connectivity index (χ1v) is 7.13. The minimum absolute atomic E-state index is 0.141. The Bertz CT molecular complexity index is 399. The summed E-state index contributed by atoms with van der Waals surface area (Å²) in [5, 5.41) is 6.26. The van der Waals surface area contributed by atoms with E-state index < -0.39 is 0 Å². The van der Waals surface area contributed by atoms with Crippen molar-refractivity contribution in [1.82, 2.24) is 15.6 Å². The number of pyridine rings is 1. The van der Waals surface area contributed by atoms with E-state index in [-0.39, 0.29) is 11.4 Å². The second kappa shape index (κ2) is 6.66. The number of likely N-dealkylation sites (N-methyl/N-ethyl adjacent to an activating group) is 1. The molecule has 1 atom stereocenters. The average Bonchev–Trinajstić information content (AvgIpc) is 2.48. The Kier molecular flexibility index (Phi) is 4.91. The Morgan fingerprint density at radius 2 is 2.21 bits per heavy atom. The van der Waals surface area contributed by atoms with Crippen molar-refractivity contribution >= 4 is 5.91 Å². The van der Waals surface area contributed by atoms with Gasteiger partial charge < -0.3 is 10.6 Å². The van der Waals surface area contributed by atoms with Gasteiger partial charge in [0.25, 0.3) is 0 Å². The lowest BCUT2D eigenvalue weighted by Crippen LogP contribution is -2.58. The summed E-state index contributed by atoms with van der Waals surface area (Å²) in [6.45, 7) is 0.947. The molecule has 0 unspecified atom stereocenters. The highest BCUT2D eigenvalue weighted by Gasteiger charge is 2.37. The van der Waals surface area contributed by atoms with Crippen molar-refractivity contribution in [2.75, 3.05) is 13.6 Å². The Hall–Kier alpha value is -1.42. The van der Waals surface area contributed by atoms with Gasteiger partial charge in [0.15, 0.2) is 0 Å². The van der Waals surface area contributed by atoms with Gasteiger partial charge in [-0.15, -0.1) is 0 Å². The van der Waals surface area contributed by atoms with Crippen LogP contribution in [0.4, 0.5) is 0 Å². The van der Waals surface area contributed by atoms with Gasteiger partial charge in [0.1, 0.15) is 0 Å². The van der Waals surface area contributed by atoms with Crippen LogP contribution in [0.25, 0.3) is 0 Å². The van der Waals surface area contributed by atoms with E-state index in [0.29, 0.717) is 0 Å². The Labute approximate surface area is 115 Å². The van der Waals surface area contributed by atoms with Gasteiger partial charge in [0, 0.05) is 19.4 Å². The second-order valence-electron chi connectivity index (χ2n) is 5.25. The van der Waals surface area contributed by atoms with E-state index in [9.17, 15) is 4.79 Å². The van der Waals surface area contributed by atoms with Crippen molar-refractivity contribution in [3.05, 3.63) is 30.1 Å². The third kappa shape index (κ3) is 3.53. The molecule has 19 heavy (non-hydrogen) atoms. The Morgan fingerprint density at radius 1 is 1.42 bits per heavy atom. The van der Waals surface area contributed by atoms with E-state index in [1.54, 1.807) is 7.05 Å². The SMILES string of the molecule is CNC(=O)[C@]1(CCCc2ccncc2)CCCCN1. The third-order valence-electron chi connectivity index (χ3n) is 3.97. The van der Waals surface area contributed by atoms with Crippen LogP contribution in [0.3, 0.4) is 0 Å². The zero-order valence-corrected chi connectivity index (χ0v) is 11.6. The molecule has 2 heterocycles. The van der Waals surface area contributed by atoms with Crippen LogP contribution in [0.5, 0.6) is 0 Å². The number of amides is 1. The van der Waals surface area contributed by atoms with Gasteiger partial charge in [-0.05, 0) is 62.8 Å². The maximum absolute atomic E-state index is 12.1. The first-order valence-electron chi connectivity index (χ1n) is 7.13. The van der Waals surface area contributed by atoms with Crippen LogP contribution in [0.2, 0.25) is 0 Å². The molecule has 0 saturated carbocycles. The molecule has 0 aliphatic carbocycles. The van der Waals surface area contributed by atoms with E-state index in [1.165, 1.54) is 12.0 Å². The van der Waals surface area contributed by atoms with Crippen molar-refractivity contribution in [1.29, 1.82) is 0 Å². The third-order valence-corrected chi connectivity index (χ3v) is 3.97. The molecule has 2 rings (SSSR count). The predicted octanol–water partition coefficient (Wildman–Crippen LogP) is 1.66. The number of nitrogens with one attached hydrogen (secondary N) is 2. The maximum Gasteiger partial charge on any atom is 0.240 e. The molecular weight excluding hydrogens is 238 g/mol. The zero-order chi connectivity index (χ0) is 13.6. The fraction of sp³-hybridized carbons (Fsp3) is 0.600. The molecule has 1 aromatic rings. The molecule has 4 nitrogen and oxygen atoms in total. The van der Waals surface area contributed by atoms with Crippen molar-refractivity contribution in [2.45, 2.75) is 44.1 Å². The van der Waals surface area contributed by atoms with E-state index >= 15 is 0 Å². The second-order valence-corrected chi connectivity index (χ2v) is 5.25. The highest BCUT2D eigenvalue weighted by atomic mass is 16.2. The summed E-state index contributed by atoms with van der Waals surface area (Å²) in [6.07, 6.45) is 9.82. The summed E-state index contributed by atoms with van der Waals surface area (Å²) in [5.74, 6) is 0.141. The van der Waals surface area contributed by atoms with Gasteiger partial charge in [-0.1, -0.05) is 0 Å². The molecule has 0 spiro atoms. The largest absolute Gasteiger partial charge is 0.358 e. The van der Waals surface area contributed by atoms with Crippen molar-refractivity contribution in [3.63, 3.8) is 0 Å². The van der Waals surface area contributed by atoms with Crippen LogP contribution in [0.1, 0.15) is 37.7 Å². The van der Waals surface area contributed by atoms with E-state index in [4.69, 9.17) is 0 Å². The van der Waals surface area contributed by atoms with Crippen LogP contribution in [-0.2, 0) is 11.2 Å². The number of carbonyl (C=O) groups is 1.